The van der Waals surface area contributed by atoms with Crippen LogP contribution >= 0.6 is 11.3 Å². The fourth-order valence-corrected chi connectivity index (χ4v) is 4.21. The summed E-state index contributed by atoms with van der Waals surface area (Å²) in [6.45, 7) is 0.676. The molecule has 20 heavy (non-hydrogen) atoms. The first kappa shape index (κ1) is 13.6. The molecule has 0 aromatic carbocycles. The zero-order chi connectivity index (χ0) is 14.3. The van der Waals surface area contributed by atoms with Gasteiger partial charge in [0, 0.05) is 19.0 Å². The van der Waals surface area contributed by atoms with Crippen LogP contribution < -0.4 is 11.2 Å². The van der Waals surface area contributed by atoms with E-state index in [1.54, 1.807) is 30.1 Å². The number of rotatable bonds is 3. The van der Waals surface area contributed by atoms with Gasteiger partial charge in [-0.1, -0.05) is 0 Å². The smallest absolute Gasteiger partial charge is 0.331 e. The van der Waals surface area contributed by atoms with Gasteiger partial charge in [-0.25, -0.2) is 4.79 Å². The van der Waals surface area contributed by atoms with E-state index in [0.717, 1.165) is 29.5 Å². The average Bonchev–Trinajstić information content (AvgIpc) is 2.84. The van der Waals surface area contributed by atoms with E-state index in [9.17, 15) is 9.59 Å². The molecule has 0 saturated heterocycles. The predicted octanol–water partition coefficient (Wildman–Crippen LogP) is 1.29. The molecule has 0 radical (unpaired) electrons. The molecule has 2 heterocycles. The van der Waals surface area contributed by atoms with Crippen molar-refractivity contribution in [2.24, 2.45) is 7.05 Å². The van der Waals surface area contributed by atoms with E-state index in [0.29, 0.717) is 13.2 Å². The van der Waals surface area contributed by atoms with Crippen LogP contribution in [0.1, 0.15) is 23.3 Å². The summed E-state index contributed by atoms with van der Waals surface area (Å²) in [7, 11) is 3.32. The quantitative estimate of drug-likeness (QED) is 0.857. The van der Waals surface area contributed by atoms with Crippen molar-refractivity contribution in [3.05, 3.63) is 31.3 Å². The number of ether oxygens (including phenoxy) is 1. The summed E-state index contributed by atoms with van der Waals surface area (Å²) in [5, 5.41) is 0.753. The SMILES string of the molecule is COCCn1c(=O)c2c3c(sc2n(C)c1=O)CCCC3. The third-order valence-electron chi connectivity index (χ3n) is 3.95. The summed E-state index contributed by atoms with van der Waals surface area (Å²) in [4.78, 5) is 27.0. The maximum Gasteiger partial charge on any atom is 0.331 e. The molecule has 0 aliphatic heterocycles. The summed E-state index contributed by atoms with van der Waals surface area (Å²) in [5.41, 5.74) is 0.765. The topological polar surface area (TPSA) is 53.2 Å². The Morgan fingerprint density at radius 3 is 2.75 bits per heavy atom. The summed E-state index contributed by atoms with van der Waals surface area (Å²) >= 11 is 1.61. The second-order valence-corrected chi connectivity index (χ2v) is 6.27. The van der Waals surface area contributed by atoms with Crippen molar-refractivity contribution in [3.63, 3.8) is 0 Å². The second-order valence-electron chi connectivity index (χ2n) is 5.18. The molecule has 1 aliphatic rings. The largest absolute Gasteiger partial charge is 0.383 e. The van der Waals surface area contributed by atoms with E-state index in [4.69, 9.17) is 4.74 Å². The van der Waals surface area contributed by atoms with Crippen molar-refractivity contribution in [3.8, 4) is 0 Å². The Labute approximate surface area is 120 Å². The van der Waals surface area contributed by atoms with Crippen molar-refractivity contribution >= 4 is 21.6 Å². The molecule has 3 rings (SSSR count). The molecule has 2 aromatic rings. The Kier molecular flexibility index (Phi) is 3.52. The highest BCUT2D eigenvalue weighted by molar-refractivity contribution is 7.18. The fourth-order valence-electron chi connectivity index (χ4n) is 2.88. The van der Waals surface area contributed by atoms with Gasteiger partial charge in [0.1, 0.15) is 4.83 Å². The van der Waals surface area contributed by atoms with Crippen LogP contribution in [-0.4, -0.2) is 22.9 Å². The van der Waals surface area contributed by atoms with Gasteiger partial charge in [0.2, 0.25) is 0 Å². The summed E-state index contributed by atoms with van der Waals surface area (Å²) in [6, 6.07) is 0. The Balaban J connectivity index is 2.32. The molecule has 1 aliphatic carbocycles. The first-order valence-electron chi connectivity index (χ1n) is 6.88. The van der Waals surface area contributed by atoms with Crippen LogP contribution in [0.4, 0.5) is 0 Å². The van der Waals surface area contributed by atoms with Crippen molar-refractivity contribution < 1.29 is 4.74 Å². The minimum atomic E-state index is -0.252. The van der Waals surface area contributed by atoms with Crippen LogP contribution in [0.3, 0.4) is 0 Å². The summed E-state index contributed by atoms with van der Waals surface area (Å²) < 4.78 is 7.90. The Morgan fingerprint density at radius 1 is 1.25 bits per heavy atom. The first-order chi connectivity index (χ1) is 9.65. The number of fused-ring (bicyclic) bond motifs is 3. The van der Waals surface area contributed by atoms with E-state index in [-0.39, 0.29) is 11.2 Å². The molecular weight excluding hydrogens is 276 g/mol. The maximum absolute atomic E-state index is 12.6. The minimum Gasteiger partial charge on any atom is -0.383 e. The van der Waals surface area contributed by atoms with Gasteiger partial charge >= 0.3 is 5.69 Å². The Bertz CT molecular complexity index is 769. The van der Waals surface area contributed by atoms with E-state index in [1.165, 1.54) is 21.4 Å². The number of hydrogen-bond donors (Lipinski definition) is 0. The van der Waals surface area contributed by atoms with Gasteiger partial charge in [-0.05, 0) is 31.2 Å². The van der Waals surface area contributed by atoms with Crippen molar-refractivity contribution in [1.29, 1.82) is 0 Å². The van der Waals surface area contributed by atoms with Crippen LogP contribution in [0, 0.1) is 0 Å². The maximum atomic E-state index is 12.6. The van der Waals surface area contributed by atoms with Crippen LogP contribution in [0.25, 0.3) is 10.2 Å². The van der Waals surface area contributed by atoms with Crippen LogP contribution in [0.2, 0.25) is 0 Å². The summed E-state index contributed by atoms with van der Waals surface area (Å²) in [5.74, 6) is 0. The number of aromatic nitrogens is 2. The van der Waals surface area contributed by atoms with Crippen molar-refractivity contribution in [1.82, 2.24) is 9.13 Å². The Hall–Kier alpha value is -1.40. The van der Waals surface area contributed by atoms with Crippen molar-refractivity contribution in [2.45, 2.75) is 32.2 Å². The van der Waals surface area contributed by atoms with Gasteiger partial charge < -0.3 is 4.74 Å². The van der Waals surface area contributed by atoms with E-state index in [2.05, 4.69) is 0 Å². The predicted molar refractivity (Wildman–Crippen MR) is 79.8 cm³/mol. The molecule has 6 heteroatoms. The highest BCUT2D eigenvalue weighted by Gasteiger charge is 2.22. The number of nitrogens with zero attached hydrogens (tertiary/aromatic N) is 2. The van der Waals surface area contributed by atoms with Crippen molar-refractivity contribution in [2.75, 3.05) is 13.7 Å². The molecule has 0 bridgehead atoms. The van der Waals surface area contributed by atoms with Gasteiger partial charge in [-0.2, -0.15) is 0 Å². The van der Waals surface area contributed by atoms with Crippen LogP contribution in [0.5, 0.6) is 0 Å². The van der Waals surface area contributed by atoms with E-state index in [1.807, 2.05) is 0 Å². The van der Waals surface area contributed by atoms with Gasteiger partial charge in [0.25, 0.3) is 5.56 Å². The molecule has 0 saturated carbocycles. The monoisotopic (exact) mass is 294 g/mol. The van der Waals surface area contributed by atoms with Gasteiger partial charge in [0.15, 0.2) is 0 Å². The highest BCUT2D eigenvalue weighted by atomic mass is 32.1. The van der Waals surface area contributed by atoms with Gasteiger partial charge in [-0.15, -0.1) is 11.3 Å². The van der Waals surface area contributed by atoms with Gasteiger partial charge in [-0.3, -0.25) is 13.9 Å². The zero-order valence-electron chi connectivity index (χ0n) is 11.8. The fraction of sp³-hybridized carbons (Fsp3) is 0.571. The molecule has 108 valence electrons. The lowest BCUT2D eigenvalue weighted by Gasteiger charge is -2.11. The lowest BCUT2D eigenvalue weighted by molar-refractivity contribution is 0.184. The normalized spacial score (nSPS) is 14.7. The highest BCUT2D eigenvalue weighted by Crippen LogP contribution is 2.33. The minimum absolute atomic E-state index is 0.153. The Morgan fingerprint density at radius 2 is 2.00 bits per heavy atom. The zero-order valence-corrected chi connectivity index (χ0v) is 12.6. The number of methoxy groups -OCH3 is 1. The molecule has 0 unspecified atom stereocenters. The lowest BCUT2D eigenvalue weighted by atomic mass is 9.97. The van der Waals surface area contributed by atoms with Crippen LogP contribution in [-0.2, 0) is 31.2 Å². The molecule has 0 fully saturated rings. The van der Waals surface area contributed by atoms with E-state index >= 15 is 0 Å². The number of aryl methyl sites for hydroxylation is 3. The van der Waals surface area contributed by atoms with Crippen LogP contribution in [0.15, 0.2) is 9.59 Å². The first-order valence-corrected chi connectivity index (χ1v) is 7.69. The molecular formula is C14H18N2O3S. The molecule has 2 aromatic heterocycles. The molecule has 0 N–H and O–H groups in total. The third-order valence-corrected chi connectivity index (χ3v) is 5.32. The summed E-state index contributed by atoms with van der Waals surface area (Å²) in [6.07, 6.45) is 4.28. The molecule has 0 spiro atoms. The molecule has 0 amide bonds. The number of thiophene rings is 1. The second kappa shape index (κ2) is 5.18. The lowest BCUT2D eigenvalue weighted by Crippen LogP contribution is -2.39. The third kappa shape index (κ3) is 1.94. The number of hydrogen-bond acceptors (Lipinski definition) is 4. The van der Waals surface area contributed by atoms with E-state index < -0.39 is 0 Å². The standard InChI is InChI=1S/C14H18N2O3S/c1-15-13-11(9-5-3-4-6-10(9)20-13)12(17)16(14(15)18)7-8-19-2/h3-8H2,1-2H3. The molecule has 5 nitrogen and oxygen atoms in total. The van der Waals surface area contributed by atoms with Gasteiger partial charge in [0.05, 0.1) is 18.5 Å². The molecule has 0 atom stereocenters. The average molecular weight is 294 g/mol.